The second-order valence-electron chi connectivity index (χ2n) is 5.43. The predicted molar refractivity (Wildman–Crippen MR) is 97.7 cm³/mol. The Morgan fingerprint density at radius 2 is 1.83 bits per heavy atom. The molecule has 0 bridgehead atoms. The first-order valence-electron chi connectivity index (χ1n) is 7.91. The summed E-state index contributed by atoms with van der Waals surface area (Å²) in [5.41, 5.74) is 3.81. The van der Waals surface area contributed by atoms with E-state index in [2.05, 4.69) is 5.32 Å². The number of nitrogens with one attached hydrogen (secondary N) is 1. The molecule has 0 fully saturated rings. The van der Waals surface area contributed by atoms with Crippen LogP contribution in [0.4, 0.5) is 5.69 Å². The van der Waals surface area contributed by atoms with E-state index in [0.717, 1.165) is 22.4 Å². The lowest BCUT2D eigenvalue weighted by Crippen LogP contribution is -2.10. The third-order valence-corrected chi connectivity index (χ3v) is 3.64. The van der Waals surface area contributed by atoms with Crippen LogP contribution in [-0.4, -0.2) is 19.6 Å². The molecule has 2 rings (SSSR count). The maximum absolute atomic E-state index is 12.2. The Kier molecular flexibility index (Phi) is 6.01. The van der Waals surface area contributed by atoms with Crippen LogP contribution >= 0.6 is 0 Å². The van der Waals surface area contributed by atoms with Crippen molar-refractivity contribution >= 4 is 17.7 Å². The smallest absolute Gasteiger partial charge is 0.248 e. The topological polar surface area (TPSA) is 47.6 Å². The van der Waals surface area contributed by atoms with Crippen LogP contribution in [0.5, 0.6) is 11.5 Å². The average molecular weight is 325 g/mol. The van der Waals surface area contributed by atoms with Gasteiger partial charge in [-0.25, -0.2) is 0 Å². The Bertz CT molecular complexity index is 730. The molecular formula is C20H23NO3. The number of methoxy groups -OCH3 is 1. The van der Waals surface area contributed by atoms with Gasteiger partial charge in [-0.05, 0) is 55.7 Å². The number of anilines is 1. The van der Waals surface area contributed by atoms with Crippen molar-refractivity contribution in [3.63, 3.8) is 0 Å². The first-order chi connectivity index (χ1) is 11.5. The van der Waals surface area contributed by atoms with Gasteiger partial charge >= 0.3 is 0 Å². The van der Waals surface area contributed by atoms with Crippen LogP contribution in [0, 0.1) is 13.8 Å². The van der Waals surface area contributed by atoms with Crippen LogP contribution in [0.25, 0.3) is 6.08 Å². The molecule has 126 valence electrons. The number of carbonyl (C=O) groups is 1. The summed E-state index contributed by atoms with van der Waals surface area (Å²) < 4.78 is 10.8. The molecule has 4 nitrogen and oxygen atoms in total. The standard InChI is InChI=1S/C20H23NO3/c1-5-24-17-11-9-16(13-18(17)23-4)10-12-19(22)21-20-14(2)7-6-8-15(20)3/h6-13H,5H2,1-4H3,(H,21,22)/b12-10+. The molecule has 0 saturated carbocycles. The molecule has 24 heavy (non-hydrogen) atoms. The van der Waals surface area contributed by atoms with Gasteiger partial charge in [0, 0.05) is 11.8 Å². The van der Waals surface area contributed by atoms with Gasteiger partial charge < -0.3 is 14.8 Å². The van der Waals surface area contributed by atoms with Gasteiger partial charge in [0.05, 0.1) is 13.7 Å². The summed E-state index contributed by atoms with van der Waals surface area (Å²) in [4.78, 5) is 12.2. The molecule has 1 N–H and O–H groups in total. The lowest BCUT2D eigenvalue weighted by molar-refractivity contribution is -0.111. The summed E-state index contributed by atoms with van der Waals surface area (Å²) in [6.07, 6.45) is 3.27. The molecule has 2 aromatic rings. The lowest BCUT2D eigenvalue weighted by atomic mass is 10.1. The van der Waals surface area contributed by atoms with Crippen LogP contribution in [0.15, 0.2) is 42.5 Å². The lowest BCUT2D eigenvalue weighted by Gasteiger charge is -2.10. The average Bonchev–Trinajstić information content (AvgIpc) is 2.57. The van der Waals surface area contributed by atoms with Crippen LogP contribution in [0.2, 0.25) is 0 Å². The van der Waals surface area contributed by atoms with Gasteiger partial charge in [-0.15, -0.1) is 0 Å². The summed E-state index contributed by atoms with van der Waals surface area (Å²) in [6.45, 7) is 6.45. The Morgan fingerprint density at radius 1 is 1.12 bits per heavy atom. The van der Waals surface area contributed by atoms with Gasteiger partial charge in [-0.2, -0.15) is 0 Å². The normalized spacial score (nSPS) is 10.7. The number of para-hydroxylation sites is 1. The number of amides is 1. The number of carbonyl (C=O) groups excluding carboxylic acids is 1. The monoisotopic (exact) mass is 325 g/mol. The second kappa shape index (κ2) is 8.20. The van der Waals surface area contributed by atoms with Gasteiger partial charge in [0.2, 0.25) is 5.91 Å². The van der Waals surface area contributed by atoms with Crippen LogP contribution < -0.4 is 14.8 Å². The third-order valence-electron chi connectivity index (χ3n) is 3.64. The summed E-state index contributed by atoms with van der Waals surface area (Å²) in [7, 11) is 1.60. The molecule has 0 radical (unpaired) electrons. The summed E-state index contributed by atoms with van der Waals surface area (Å²) in [5.74, 6) is 1.17. The Balaban J connectivity index is 2.11. The number of aryl methyl sites for hydroxylation is 2. The van der Waals surface area contributed by atoms with Crippen LogP contribution in [0.1, 0.15) is 23.6 Å². The van der Waals surface area contributed by atoms with E-state index in [4.69, 9.17) is 9.47 Å². The van der Waals surface area contributed by atoms with Gasteiger partial charge in [0.15, 0.2) is 11.5 Å². The quantitative estimate of drug-likeness (QED) is 0.803. The van der Waals surface area contributed by atoms with E-state index in [9.17, 15) is 4.79 Å². The van der Waals surface area contributed by atoms with Crippen molar-refractivity contribution in [3.8, 4) is 11.5 Å². The molecule has 0 saturated heterocycles. The van der Waals surface area contributed by atoms with Crippen molar-refractivity contribution in [2.24, 2.45) is 0 Å². The van der Waals surface area contributed by atoms with Crippen LogP contribution in [-0.2, 0) is 4.79 Å². The first kappa shape index (κ1) is 17.6. The highest BCUT2D eigenvalue weighted by Gasteiger charge is 2.06. The van der Waals surface area contributed by atoms with Gasteiger partial charge in [0.25, 0.3) is 0 Å². The molecule has 0 aliphatic carbocycles. The minimum absolute atomic E-state index is 0.166. The fraction of sp³-hybridized carbons (Fsp3) is 0.250. The summed E-state index contributed by atoms with van der Waals surface area (Å²) in [6, 6.07) is 11.5. The zero-order chi connectivity index (χ0) is 17.5. The predicted octanol–water partition coefficient (Wildman–Crippen LogP) is 4.36. The Morgan fingerprint density at radius 3 is 2.46 bits per heavy atom. The van der Waals surface area contributed by atoms with Crippen molar-refractivity contribution in [2.75, 3.05) is 19.0 Å². The van der Waals surface area contributed by atoms with E-state index in [0.29, 0.717) is 18.1 Å². The first-order valence-corrected chi connectivity index (χ1v) is 7.91. The molecule has 2 aromatic carbocycles. The molecule has 0 spiro atoms. The SMILES string of the molecule is CCOc1ccc(/C=C/C(=O)Nc2c(C)cccc2C)cc1OC. The van der Waals surface area contributed by atoms with E-state index < -0.39 is 0 Å². The zero-order valence-corrected chi connectivity index (χ0v) is 14.6. The Hall–Kier alpha value is -2.75. The van der Waals surface area contributed by atoms with E-state index in [-0.39, 0.29) is 5.91 Å². The van der Waals surface area contributed by atoms with Gasteiger partial charge in [0.1, 0.15) is 0 Å². The molecule has 4 heteroatoms. The highest BCUT2D eigenvalue weighted by molar-refractivity contribution is 6.02. The van der Waals surface area contributed by atoms with Crippen LogP contribution in [0.3, 0.4) is 0 Å². The van der Waals surface area contributed by atoms with E-state index in [1.165, 1.54) is 6.08 Å². The zero-order valence-electron chi connectivity index (χ0n) is 14.6. The van der Waals surface area contributed by atoms with E-state index >= 15 is 0 Å². The van der Waals surface area contributed by atoms with Crippen molar-refractivity contribution in [3.05, 3.63) is 59.2 Å². The second-order valence-corrected chi connectivity index (χ2v) is 5.43. The summed E-state index contributed by atoms with van der Waals surface area (Å²) >= 11 is 0. The minimum Gasteiger partial charge on any atom is -0.493 e. The number of hydrogen-bond donors (Lipinski definition) is 1. The number of hydrogen-bond acceptors (Lipinski definition) is 3. The number of rotatable bonds is 6. The number of ether oxygens (including phenoxy) is 2. The molecule has 0 aliphatic rings. The highest BCUT2D eigenvalue weighted by atomic mass is 16.5. The molecule has 0 atom stereocenters. The molecule has 0 unspecified atom stereocenters. The fourth-order valence-electron chi connectivity index (χ4n) is 2.41. The molecule has 0 aliphatic heterocycles. The largest absolute Gasteiger partial charge is 0.493 e. The maximum atomic E-state index is 12.2. The molecule has 1 amide bonds. The minimum atomic E-state index is -0.166. The molecular weight excluding hydrogens is 302 g/mol. The third kappa shape index (κ3) is 4.38. The van der Waals surface area contributed by atoms with Crippen molar-refractivity contribution in [2.45, 2.75) is 20.8 Å². The Labute approximate surface area is 143 Å². The molecule has 0 aromatic heterocycles. The van der Waals surface area contributed by atoms with E-state index in [1.54, 1.807) is 13.2 Å². The summed E-state index contributed by atoms with van der Waals surface area (Å²) in [5, 5.41) is 2.93. The van der Waals surface area contributed by atoms with Crippen molar-refractivity contribution in [1.82, 2.24) is 0 Å². The van der Waals surface area contributed by atoms with Crippen molar-refractivity contribution < 1.29 is 14.3 Å². The van der Waals surface area contributed by atoms with Crippen molar-refractivity contribution in [1.29, 1.82) is 0 Å². The van der Waals surface area contributed by atoms with Gasteiger partial charge in [-0.3, -0.25) is 4.79 Å². The maximum Gasteiger partial charge on any atom is 0.248 e. The number of benzene rings is 2. The molecule has 0 heterocycles. The van der Waals surface area contributed by atoms with E-state index in [1.807, 2.05) is 57.2 Å². The fourth-order valence-corrected chi connectivity index (χ4v) is 2.41. The van der Waals surface area contributed by atoms with Gasteiger partial charge in [-0.1, -0.05) is 24.3 Å². The highest BCUT2D eigenvalue weighted by Crippen LogP contribution is 2.28.